The third-order valence-corrected chi connectivity index (χ3v) is 9.30. The number of fused-ring (bicyclic) bond motifs is 1. The van der Waals surface area contributed by atoms with Gasteiger partial charge in [-0.25, -0.2) is 13.0 Å². The second-order valence-corrected chi connectivity index (χ2v) is 12.3. The lowest BCUT2D eigenvalue weighted by Crippen LogP contribution is -2.39. The summed E-state index contributed by atoms with van der Waals surface area (Å²) in [6.45, 7) is 10.5. The molecule has 0 bridgehead atoms. The number of rotatable bonds is 20. The van der Waals surface area contributed by atoms with Gasteiger partial charge in [-0.05, 0) is 35.3 Å². The highest BCUT2D eigenvalue weighted by Gasteiger charge is 2.28. The van der Waals surface area contributed by atoms with E-state index in [1.807, 2.05) is 0 Å². The molecule has 0 atom stereocenters. The van der Waals surface area contributed by atoms with Crippen molar-refractivity contribution in [2.75, 3.05) is 57.8 Å². The van der Waals surface area contributed by atoms with Crippen LogP contribution in [0, 0.1) is 0 Å². The molecule has 0 aliphatic carbocycles. The Kier molecular flexibility index (Phi) is 13.8. The van der Waals surface area contributed by atoms with E-state index in [-0.39, 0.29) is 4.90 Å². The number of benzene rings is 1. The van der Waals surface area contributed by atoms with E-state index in [1.165, 1.54) is 38.5 Å². The van der Waals surface area contributed by atoms with Gasteiger partial charge >= 0.3 is 0 Å². The lowest BCUT2D eigenvalue weighted by Gasteiger charge is -2.26. The highest BCUT2D eigenvalue weighted by atomic mass is 32.2. The zero-order valence-electron chi connectivity index (χ0n) is 23.6. The summed E-state index contributed by atoms with van der Waals surface area (Å²) in [5.74, 6) is 0. The standard InChI is InChI=1S/C28H49N5O4S/c1-3-5-7-9-11-13-18-33(19-14-12-10-8-6-4-2)38(34,35)26-16-15-25(27-28(26)31-37-30-27)29-17-20-32-21-23-36-24-22-32/h15-16,29H,3-14,17-24H2,1-2H3. The number of aromatic nitrogens is 2. The molecule has 38 heavy (non-hydrogen) atoms. The summed E-state index contributed by atoms with van der Waals surface area (Å²) in [7, 11) is -3.73. The van der Waals surface area contributed by atoms with E-state index >= 15 is 0 Å². The molecule has 1 aliphatic heterocycles. The largest absolute Gasteiger partial charge is 0.382 e. The van der Waals surface area contributed by atoms with Crippen LogP contribution in [0.4, 0.5) is 5.69 Å². The number of anilines is 1. The number of sulfonamides is 1. The molecule has 1 aromatic heterocycles. The van der Waals surface area contributed by atoms with Crippen molar-refractivity contribution in [3.05, 3.63) is 12.1 Å². The second-order valence-electron chi connectivity index (χ2n) is 10.4. The number of hydrogen-bond acceptors (Lipinski definition) is 8. The Morgan fingerprint density at radius 2 is 1.42 bits per heavy atom. The minimum Gasteiger partial charge on any atom is -0.382 e. The summed E-state index contributed by atoms with van der Waals surface area (Å²) in [6.07, 6.45) is 13.5. The van der Waals surface area contributed by atoms with E-state index in [0.29, 0.717) is 24.1 Å². The monoisotopic (exact) mass is 551 g/mol. The van der Waals surface area contributed by atoms with Crippen LogP contribution >= 0.6 is 0 Å². The topological polar surface area (TPSA) is 101 Å². The van der Waals surface area contributed by atoms with Crippen LogP contribution in [0.1, 0.15) is 90.9 Å². The Hall–Kier alpha value is -1.75. The van der Waals surface area contributed by atoms with Crippen LogP contribution in [-0.2, 0) is 14.8 Å². The minimum absolute atomic E-state index is 0.185. The maximum Gasteiger partial charge on any atom is 0.245 e. The summed E-state index contributed by atoms with van der Waals surface area (Å²) < 4.78 is 39.9. The number of unbranched alkanes of at least 4 members (excludes halogenated alkanes) is 10. The molecule has 0 radical (unpaired) electrons. The van der Waals surface area contributed by atoms with E-state index in [2.05, 4.69) is 34.4 Å². The molecule has 0 spiro atoms. The summed E-state index contributed by atoms with van der Waals surface area (Å²) >= 11 is 0. The molecule has 0 saturated carbocycles. The first-order valence-corrected chi connectivity index (χ1v) is 16.3. The number of nitrogens with zero attached hydrogens (tertiary/aromatic N) is 4. The highest BCUT2D eigenvalue weighted by molar-refractivity contribution is 7.89. The van der Waals surface area contributed by atoms with Crippen molar-refractivity contribution < 1.29 is 17.8 Å². The van der Waals surface area contributed by atoms with Crippen LogP contribution in [0.15, 0.2) is 21.7 Å². The Balaban J connectivity index is 1.67. The molecule has 1 N–H and O–H groups in total. The fourth-order valence-electron chi connectivity index (χ4n) is 5.00. The van der Waals surface area contributed by atoms with Crippen LogP contribution in [0.2, 0.25) is 0 Å². The molecule has 216 valence electrons. The molecular weight excluding hydrogens is 502 g/mol. The molecule has 9 nitrogen and oxygen atoms in total. The van der Waals surface area contributed by atoms with Crippen molar-refractivity contribution in [2.45, 2.75) is 95.8 Å². The van der Waals surface area contributed by atoms with E-state index in [9.17, 15) is 8.42 Å². The quantitative estimate of drug-likeness (QED) is 0.210. The van der Waals surface area contributed by atoms with Crippen LogP contribution in [-0.4, -0.2) is 80.4 Å². The van der Waals surface area contributed by atoms with Gasteiger partial charge in [0.2, 0.25) is 10.0 Å². The summed E-state index contributed by atoms with van der Waals surface area (Å²) in [5.41, 5.74) is 1.51. The number of hydrogen-bond donors (Lipinski definition) is 1. The van der Waals surface area contributed by atoms with Gasteiger partial charge < -0.3 is 10.1 Å². The zero-order chi connectivity index (χ0) is 27.1. The van der Waals surface area contributed by atoms with Gasteiger partial charge in [0.15, 0.2) is 11.0 Å². The molecule has 2 aromatic rings. The van der Waals surface area contributed by atoms with Gasteiger partial charge in [-0.15, -0.1) is 0 Å². The first-order valence-electron chi connectivity index (χ1n) is 14.9. The molecule has 0 unspecified atom stereocenters. The van der Waals surface area contributed by atoms with E-state index in [0.717, 1.165) is 83.6 Å². The van der Waals surface area contributed by atoms with Crippen molar-refractivity contribution in [1.82, 2.24) is 19.5 Å². The van der Waals surface area contributed by atoms with Gasteiger partial charge in [0.05, 0.1) is 18.9 Å². The number of nitrogens with one attached hydrogen (secondary N) is 1. The van der Waals surface area contributed by atoms with Crippen LogP contribution in [0.25, 0.3) is 11.0 Å². The molecule has 3 rings (SSSR count). The summed E-state index contributed by atoms with van der Waals surface area (Å²) in [5, 5.41) is 11.5. The molecule has 1 aliphatic rings. The average Bonchev–Trinajstić information content (AvgIpc) is 3.42. The maximum absolute atomic E-state index is 13.9. The summed E-state index contributed by atoms with van der Waals surface area (Å²) in [6, 6.07) is 3.46. The van der Waals surface area contributed by atoms with Crippen molar-refractivity contribution in [3.63, 3.8) is 0 Å². The fourth-order valence-corrected chi connectivity index (χ4v) is 6.63. The van der Waals surface area contributed by atoms with Crippen LogP contribution < -0.4 is 5.32 Å². The third kappa shape index (κ3) is 9.47. The molecule has 2 heterocycles. The fraction of sp³-hybridized carbons (Fsp3) is 0.786. The number of ether oxygens (including phenoxy) is 1. The van der Waals surface area contributed by atoms with E-state index < -0.39 is 10.0 Å². The van der Waals surface area contributed by atoms with Crippen molar-refractivity contribution in [2.24, 2.45) is 0 Å². The van der Waals surface area contributed by atoms with Gasteiger partial charge in [-0.1, -0.05) is 78.1 Å². The molecule has 0 amide bonds. The normalized spacial score (nSPS) is 15.0. The summed E-state index contributed by atoms with van der Waals surface area (Å²) in [4.78, 5) is 2.53. The van der Waals surface area contributed by atoms with Gasteiger partial charge in [-0.2, -0.15) is 4.31 Å². The maximum atomic E-state index is 13.9. The average molecular weight is 552 g/mol. The smallest absolute Gasteiger partial charge is 0.245 e. The van der Waals surface area contributed by atoms with Crippen molar-refractivity contribution in [3.8, 4) is 0 Å². The molecule has 1 saturated heterocycles. The lowest BCUT2D eigenvalue weighted by molar-refractivity contribution is 0.0398. The highest BCUT2D eigenvalue weighted by Crippen LogP contribution is 2.29. The lowest BCUT2D eigenvalue weighted by atomic mass is 10.1. The Morgan fingerprint density at radius 3 is 2.05 bits per heavy atom. The number of morpholine rings is 1. The molecular formula is C28H49N5O4S. The van der Waals surface area contributed by atoms with E-state index in [1.54, 1.807) is 16.4 Å². The van der Waals surface area contributed by atoms with Crippen molar-refractivity contribution in [1.29, 1.82) is 0 Å². The molecule has 1 aromatic carbocycles. The Morgan fingerprint density at radius 1 is 0.842 bits per heavy atom. The predicted molar refractivity (Wildman–Crippen MR) is 153 cm³/mol. The SMILES string of the molecule is CCCCCCCCN(CCCCCCCC)S(=O)(=O)c1ccc(NCCN2CCOCC2)c2nonc12. The Bertz CT molecular complexity index is 1010. The minimum atomic E-state index is -3.73. The first-order chi connectivity index (χ1) is 18.6. The predicted octanol–water partition coefficient (Wildman–Crippen LogP) is 5.68. The molecule has 1 fully saturated rings. The Labute approximate surface area is 229 Å². The van der Waals surface area contributed by atoms with Crippen LogP contribution in [0.3, 0.4) is 0 Å². The zero-order valence-corrected chi connectivity index (χ0v) is 24.4. The van der Waals surface area contributed by atoms with Gasteiger partial charge in [0, 0.05) is 39.3 Å². The first kappa shape index (κ1) is 30.8. The van der Waals surface area contributed by atoms with Gasteiger partial charge in [-0.3, -0.25) is 4.90 Å². The van der Waals surface area contributed by atoms with Crippen LogP contribution in [0.5, 0.6) is 0 Å². The van der Waals surface area contributed by atoms with Gasteiger partial charge in [0.1, 0.15) is 4.90 Å². The van der Waals surface area contributed by atoms with Gasteiger partial charge in [0.25, 0.3) is 0 Å². The third-order valence-electron chi connectivity index (χ3n) is 7.37. The van der Waals surface area contributed by atoms with Crippen molar-refractivity contribution >= 4 is 26.7 Å². The second kappa shape index (κ2) is 17.0. The van der Waals surface area contributed by atoms with E-state index in [4.69, 9.17) is 9.37 Å². The molecule has 10 heteroatoms.